The van der Waals surface area contributed by atoms with E-state index in [0.29, 0.717) is 19.2 Å². The summed E-state index contributed by atoms with van der Waals surface area (Å²) in [6.07, 6.45) is 2.43. The third kappa shape index (κ3) is 2.53. The second-order valence-electron chi connectivity index (χ2n) is 5.32. The number of benzene rings is 1. The van der Waals surface area contributed by atoms with Crippen LogP contribution in [0.1, 0.15) is 18.4 Å². The fraction of sp³-hybridized carbons (Fsp3) is 0.600. The molecule has 0 amide bonds. The van der Waals surface area contributed by atoms with Gasteiger partial charge in [-0.3, -0.25) is 4.90 Å². The van der Waals surface area contributed by atoms with Gasteiger partial charge in [0.1, 0.15) is 5.82 Å². The Bertz CT molecular complexity index is 440. The molecule has 1 saturated heterocycles. The fourth-order valence-electron chi connectivity index (χ4n) is 3.29. The van der Waals surface area contributed by atoms with Gasteiger partial charge in [0.05, 0.1) is 18.8 Å². The van der Waals surface area contributed by atoms with E-state index in [-0.39, 0.29) is 18.0 Å². The van der Waals surface area contributed by atoms with Crippen LogP contribution in [0.3, 0.4) is 0 Å². The highest BCUT2D eigenvalue weighted by molar-refractivity contribution is 5.17. The Kier molecular flexibility index (Phi) is 3.82. The molecular weight excluding hydrogens is 245 g/mol. The zero-order valence-electron chi connectivity index (χ0n) is 11.2. The van der Waals surface area contributed by atoms with E-state index >= 15 is 0 Å². The first-order valence-electron chi connectivity index (χ1n) is 6.91. The van der Waals surface area contributed by atoms with Gasteiger partial charge < -0.3 is 9.47 Å². The summed E-state index contributed by atoms with van der Waals surface area (Å²) in [5.41, 5.74) is 0.768. The number of hydrogen-bond acceptors (Lipinski definition) is 3. The van der Waals surface area contributed by atoms with E-state index in [4.69, 9.17) is 9.47 Å². The summed E-state index contributed by atoms with van der Waals surface area (Å²) in [6.45, 7) is 2.23. The van der Waals surface area contributed by atoms with E-state index in [1.54, 1.807) is 13.2 Å². The Hall–Kier alpha value is -0.970. The number of methoxy groups -OCH3 is 1. The van der Waals surface area contributed by atoms with Crippen LogP contribution in [-0.4, -0.2) is 43.4 Å². The molecule has 1 heterocycles. The summed E-state index contributed by atoms with van der Waals surface area (Å²) < 4.78 is 25.1. The van der Waals surface area contributed by atoms with Gasteiger partial charge in [-0.2, -0.15) is 0 Å². The monoisotopic (exact) mass is 265 g/mol. The van der Waals surface area contributed by atoms with Crippen LogP contribution in [0.2, 0.25) is 0 Å². The number of rotatable bonds is 3. The summed E-state index contributed by atoms with van der Waals surface area (Å²) in [5.74, 6) is -0.119. The molecule has 2 fully saturated rings. The van der Waals surface area contributed by atoms with Crippen molar-refractivity contribution in [3.05, 3.63) is 35.6 Å². The van der Waals surface area contributed by atoms with Crippen molar-refractivity contribution < 1.29 is 13.9 Å². The van der Waals surface area contributed by atoms with Crippen LogP contribution in [0, 0.1) is 5.82 Å². The maximum atomic E-state index is 13.7. The molecule has 3 atom stereocenters. The molecule has 104 valence electrons. The maximum Gasteiger partial charge on any atom is 0.127 e. The standard InChI is InChI=1S/C15H20FNO2/c1-18-14-7-6-13-15(14)19-9-8-17(13)10-11-4-2-3-5-12(11)16/h2-5,13-15H,6-10H2,1H3/t13-,14-,15+/m0/s1. The van der Waals surface area contributed by atoms with Crippen molar-refractivity contribution >= 4 is 0 Å². The molecule has 0 N–H and O–H groups in total. The highest BCUT2D eigenvalue weighted by atomic mass is 19.1. The minimum Gasteiger partial charge on any atom is -0.379 e. The summed E-state index contributed by atoms with van der Waals surface area (Å²) in [5, 5.41) is 0. The largest absolute Gasteiger partial charge is 0.379 e. The second-order valence-corrected chi connectivity index (χ2v) is 5.32. The Morgan fingerprint density at radius 3 is 3.00 bits per heavy atom. The van der Waals surface area contributed by atoms with E-state index in [1.165, 1.54) is 6.07 Å². The molecule has 1 aromatic carbocycles. The number of hydrogen-bond donors (Lipinski definition) is 0. The van der Waals surface area contributed by atoms with Crippen LogP contribution in [0.5, 0.6) is 0 Å². The van der Waals surface area contributed by atoms with E-state index in [9.17, 15) is 4.39 Å². The Labute approximate surface area is 113 Å². The van der Waals surface area contributed by atoms with Gasteiger partial charge in [-0.25, -0.2) is 4.39 Å². The van der Waals surface area contributed by atoms with Gasteiger partial charge in [-0.15, -0.1) is 0 Å². The summed E-state index contributed by atoms with van der Waals surface area (Å²) in [6, 6.07) is 7.38. The third-order valence-corrected chi connectivity index (χ3v) is 4.28. The quantitative estimate of drug-likeness (QED) is 0.836. The first-order valence-corrected chi connectivity index (χ1v) is 6.91. The molecule has 1 saturated carbocycles. The third-order valence-electron chi connectivity index (χ3n) is 4.28. The molecule has 3 rings (SSSR count). The van der Waals surface area contributed by atoms with Crippen molar-refractivity contribution in [3.63, 3.8) is 0 Å². The highest BCUT2D eigenvalue weighted by Crippen LogP contribution is 2.32. The van der Waals surface area contributed by atoms with E-state index in [1.807, 2.05) is 12.1 Å². The van der Waals surface area contributed by atoms with Gasteiger partial charge in [-0.05, 0) is 18.9 Å². The van der Waals surface area contributed by atoms with Crippen molar-refractivity contribution in [1.82, 2.24) is 4.90 Å². The molecule has 0 unspecified atom stereocenters. The average molecular weight is 265 g/mol. The number of halogens is 1. The lowest BCUT2D eigenvalue weighted by Gasteiger charge is -2.38. The van der Waals surface area contributed by atoms with Crippen molar-refractivity contribution in [2.45, 2.75) is 37.6 Å². The predicted molar refractivity (Wildman–Crippen MR) is 70.4 cm³/mol. The minimum atomic E-state index is -0.119. The van der Waals surface area contributed by atoms with Crippen LogP contribution < -0.4 is 0 Å². The molecule has 1 aliphatic carbocycles. The molecular formula is C15H20FNO2. The fourth-order valence-corrected chi connectivity index (χ4v) is 3.29. The Morgan fingerprint density at radius 1 is 1.37 bits per heavy atom. The van der Waals surface area contributed by atoms with Crippen LogP contribution >= 0.6 is 0 Å². The minimum absolute atomic E-state index is 0.119. The van der Waals surface area contributed by atoms with Gasteiger partial charge >= 0.3 is 0 Å². The second kappa shape index (κ2) is 5.57. The number of ether oxygens (including phenoxy) is 2. The first-order chi connectivity index (χ1) is 9.29. The molecule has 3 nitrogen and oxygen atoms in total. The molecule has 1 aromatic rings. The molecule has 2 aliphatic rings. The van der Waals surface area contributed by atoms with Gasteiger partial charge in [0.2, 0.25) is 0 Å². The molecule has 4 heteroatoms. The van der Waals surface area contributed by atoms with Crippen LogP contribution in [0.15, 0.2) is 24.3 Å². The van der Waals surface area contributed by atoms with Gasteiger partial charge in [-0.1, -0.05) is 18.2 Å². The Balaban J connectivity index is 1.73. The predicted octanol–water partition coefficient (Wildman–Crippen LogP) is 2.20. The van der Waals surface area contributed by atoms with Crippen LogP contribution in [0.4, 0.5) is 4.39 Å². The normalized spacial score (nSPS) is 31.4. The highest BCUT2D eigenvalue weighted by Gasteiger charge is 2.42. The van der Waals surface area contributed by atoms with Gasteiger partial charge in [0.25, 0.3) is 0 Å². The SMILES string of the molecule is CO[C@H]1CC[C@H]2[C@H]1OCCN2Cc1ccccc1F. The number of nitrogens with zero attached hydrogens (tertiary/aromatic N) is 1. The molecule has 19 heavy (non-hydrogen) atoms. The smallest absolute Gasteiger partial charge is 0.127 e. The average Bonchev–Trinajstić information content (AvgIpc) is 2.85. The molecule has 1 aliphatic heterocycles. The molecule has 0 aromatic heterocycles. The van der Waals surface area contributed by atoms with Crippen LogP contribution in [0.25, 0.3) is 0 Å². The van der Waals surface area contributed by atoms with E-state index in [2.05, 4.69) is 4.90 Å². The van der Waals surface area contributed by atoms with E-state index < -0.39 is 0 Å². The van der Waals surface area contributed by atoms with Gasteiger partial charge in [0.15, 0.2) is 0 Å². The lowest BCUT2D eigenvalue weighted by atomic mass is 10.1. The lowest BCUT2D eigenvalue weighted by molar-refractivity contribution is -0.106. The van der Waals surface area contributed by atoms with Gasteiger partial charge in [0, 0.05) is 31.8 Å². The molecule has 0 radical (unpaired) electrons. The van der Waals surface area contributed by atoms with Crippen molar-refractivity contribution in [1.29, 1.82) is 0 Å². The van der Waals surface area contributed by atoms with Crippen molar-refractivity contribution in [2.75, 3.05) is 20.3 Å². The van der Waals surface area contributed by atoms with E-state index in [0.717, 1.165) is 24.9 Å². The Morgan fingerprint density at radius 2 is 2.21 bits per heavy atom. The summed E-state index contributed by atoms with van der Waals surface area (Å²) >= 11 is 0. The van der Waals surface area contributed by atoms with Crippen LogP contribution in [-0.2, 0) is 16.0 Å². The zero-order valence-corrected chi connectivity index (χ0v) is 11.2. The van der Waals surface area contributed by atoms with Crippen molar-refractivity contribution in [2.24, 2.45) is 0 Å². The zero-order chi connectivity index (χ0) is 13.2. The number of morpholine rings is 1. The summed E-state index contributed by atoms with van der Waals surface area (Å²) in [4.78, 5) is 2.34. The first kappa shape index (κ1) is 13.0. The maximum absolute atomic E-state index is 13.7. The molecule has 0 bridgehead atoms. The number of fused-ring (bicyclic) bond motifs is 1. The lowest BCUT2D eigenvalue weighted by Crippen LogP contribution is -2.51. The topological polar surface area (TPSA) is 21.7 Å². The molecule has 0 spiro atoms. The summed E-state index contributed by atoms with van der Waals surface area (Å²) in [7, 11) is 1.74. The van der Waals surface area contributed by atoms with Crippen molar-refractivity contribution in [3.8, 4) is 0 Å².